The average Bonchev–Trinajstić information content (AvgIpc) is 3.14. The van der Waals surface area contributed by atoms with Gasteiger partial charge in [-0.15, -0.1) is 0 Å². The molecule has 1 aromatic carbocycles. The smallest absolute Gasteiger partial charge is 0.175 e. The highest BCUT2D eigenvalue weighted by atomic mass is 79.9. The van der Waals surface area contributed by atoms with Crippen LogP contribution in [0.1, 0.15) is 44.1 Å². The number of benzene rings is 1. The van der Waals surface area contributed by atoms with Crippen molar-refractivity contribution in [1.29, 1.82) is 0 Å². The third kappa shape index (κ3) is 3.47. The van der Waals surface area contributed by atoms with Crippen LogP contribution in [0.5, 0.6) is 11.5 Å². The van der Waals surface area contributed by atoms with Crippen LogP contribution in [0.3, 0.4) is 0 Å². The lowest BCUT2D eigenvalue weighted by atomic mass is 10.2. The molecule has 2 aliphatic rings. The largest absolute Gasteiger partial charge is 0.493 e. The first-order valence-corrected chi connectivity index (χ1v) is 8.32. The molecule has 0 saturated heterocycles. The van der Waals surface area contributed by atoms with Gasteiger partial charge < -0.3 is 14.8 Å². The number of methoxy groups -OCH3 is 1. The van der Waals surface area contributed by atoms with Gasteiger partial charge in [-0.05, 0) is 72.2 Å². The minimum Gasteiger partial charge on any atom is -0.493 e. The van der Waals surface area contributed by atoms with E-state index in [1.54, 1.807) is 7.11 Å². The maximum absolute atomic E-state index is 6.13. The summed E-state index contributed by atoms with van der Waals surface area (Å²) in [5.41, 5.74) is 1.24. The number of nitrogens with one attached hydrogen (secondary N) is 1. The highest BCUT2D eigenvalue weighted by molar-refractivity contribution is 9.10. The van der Waals surface area contributed by atoms with Gasteiger partial charge in [-0.1, -0.05) is 0 Å². The number of halogens is 1. The maximum Gasteiger partial charge on any atom is 0.175 e. The molecule has 2 saturated carbocycles. The second-order valence-corrected chi connectivity index (χ2v) is 6.64. The van der Waals surface area contributed by atoms with E-state index in [4.69, 9.17) is 9.47 Å². The van der Waals surface area contributed by atoms with Crippen LogP contribution in [0.15, 0.2) is 16.6 Å². The second-order valence-electron chi connectivity index (χ2n) is 5.79. The molecule has 0 aromatic heterocycles. The van der Waals surface area contributed by atoms with Crippen LogP contribution in [-0.2, 0) is 6.54 Å². The standard InChI is InChI=1S/C16H22BrNO2/c1-19-15-9-11(10-18-12-6-7-12)8-14(17)16(15)20-13-4-2-3-5-13/h8-9,12-13,18H,2-7,10H2,1H3. The molecule has 0 spiro atoms. The van der Waals surface area contributed by atoms with Gasteiger partial charge in [0.1, 0.15) is 0 Å². The Bertz CT molecular complexity index is 468. The Kier molecular flexibility index (Phi) is 4.51. The summed E-state index contributed by atoms with van der Waals surface area (Å²) in [6, 6.07) is 4.95. The third-order valence-corrected chi connectivity index (χ3v) is 4.64. The molecular weight excluding hydrogens is 318 g/mol. The minimum absolute atomic E-state index is 0.343. The van der Waals surface area contributed by atoms with E-state index in [0.29, 0.717) is 12.1 Å². The number of rotatable bonds is 6. The quantitative estimate of drug-likeness (QED) is 0.848. The molecule has 0 amide bonds. The van der Waals surface area contributed by atoms with Gasteiger partial charge in [0.05, 0.1) is 17.7 Å². The van der Waals surface area contributed by atoms with Gasteiger partial charge in [0, 0.05) is 12.6 Å². The molecule has 110 valence electrons. The minimum atomic E-state index is 0.343. The van der Waals surface area contributed by atoms with Gasteiger partial charge in [0.25, 0.3) is 0 Å². The fourth-order valence-corrected chi connectivity index (χ4v) is 3.30. The van der Waals surface area contributed by atoms with Crippen molar-refractivity contribution in [2.75, 3.05) is 7.11 Å². The second kappa shape index (κ2) is 6.35. The molecule has 0 radical (unpaired) electrons. The Labute approximate surface area is 129 Å². The zero-order valence-corrected chi connectivity index (χ0v) is 13.5. The van der Waals surface area contributed by atoms with E-state index >= 15 is 0 Å². The van der Waals surface area contributed by atoms with Crippen LogP contribution < -0.4 is 14.8 Å². The van der Waals surface area contributed by atoms with E-state index in [-0.39, 0.29) is 0 Å². The lowest BCUT2D eigenvalue weighted by molar-refractivity contribution is 0.199. The molecule has 0 aliphatic heterocycles. The predicted octanol–water partition coefficient (Wildman–Crippen LogP) is 4.03. The SMILES string of the molecule is COc1cc(CNC2CC2)cc(Br)c1OC1CCCC1. The summed E-state index contributed by atoms with van der Waals surface area (Å²) in [6.45, 7) is 0.892. The average molecular weight is 340 g/mol. The van der Waals surface area contributed by atoms with E-state index in [9.17, 15) is 0 Å². The highest BCUT2D eigenvalue weighted by Crippen LogP contribution is 2.39. The van der Waals surface area contributed by atoms with E-state index in [1.165, 1.54) is 31.2 Å². The zero-order valence-electron chi connectivity index (χ0n) is 12.0. The van der Waals surface area contributed by atoms with E-state index < -0.39 is 0 Å². The summed E-state index contributed by atoms with van der Waals surface area (Å²) in [7, 11) is 1.71. The van der Waals surface area contributed by atoms with Crippen molar-refractivity contribution in [2.24, 2.45) is 0 Å². The monoisotopic (exact) mass is 339 g/mol. The summed E-state index contributed by atoms with van der Waals surface area (Å²) in [4.78, 5) is 0. The molecule has 20 heavy (non-hydrogen) atoms. The van der Waals surface area contributed by atoms with Crippen molar-refractivity contribution in [3.8, 4) is 11.5 Å². The Morgan fingerprint density at radius 2 is 1.95 bits per heavy atom. The summed E-state index contributed by atoms with van der Waals surface area (Å²) in [6.07, 6.45) is 7.81. The third-order valence-electron chi connectivity index (χ3n) is 4.05. The van der Waals surface area contributed by atoms with E-state index in [2.05, 4.69) is 33.4 Å². The summed E-state index contributed by atoms with van der Waals surface area (Å²) in [5, 5.41) is 3.53. The van der Waals surface area contributed by atoms with Crippen LogP contribution in [-0.4, -0.2) is 19.3 Å². The van der Waals surface area contributed by atoms with E-state index in [0.717, 1.165) is 35.4 Å². The van der Waals surface area contributed by atoms with Crippen LogP contribution >= 0.6 is 15.9 Å². The van der Waals surface area contributed by atoms with Crippen LogP contribution in [0.25, 0.3) is 0 Å². The Morgan fingerprint density at radius 1 is 1.20 bits per heavy atom. The van der Waals surface area contributed by atoms with Crippen LogP contribution in [0.4, 0.5) is 0 Å². The fourth-order valence-electron chi connectivity index (χ4n) is 2.71. The van der Waals surface area contributed by atoms with E-state index in [1.807, 2.05) is 0 Å². The molecule has 1 aromatic rings. The molecule has 2 aliphatic carbocycles. The first-order valence-electron chi connectivity index (χ1n) is 7.52. The Balaban J connectivity index is 1.73. The van der Waals surface area contributed by atoms with Gasteiger partial charge in [-0.3, -0.25) is 0 Å². The van der Waals surface area contributed by atoms with Crippen molar-refractivity contribution in [1.82, 2.24) is 5.32 Å². The Morgan fingerprint density at radius 3 is 2.60 bits per heavy atom. The van der Waals surface area contributed by atoms with Crippen molar-refractivity contribution in [3.63, 3.8) is 0 Å². The van der Waals surface area contributed by atoms with Crippen molar-refractivity contribution in [2.45, 2.75) is 57.2 Å². The van der Waals surface area contributed by atoms with Gasteiger partial charge in [0.2, 0.25) is 0 Å². The van der Waals surface area contributed by atoms with Crippen molar-refractivity contribution >= 4 is 15.9 Å². The molecular formula is C16H22BrNO2. The summed E-state index contributed by atoms with van der Waals surface area (Å²) >= 11 is 3.64. The number of hydrogen-bond acceptors (Lipinski definition) is 3. The zero-order chi connectivity index (χ0) is 13.9. The topological polar surface area (TPSA) is 30.5 Å². The van der Waals surface area contributed by atoms with Gasteiger partial charge in [-0.2, -0.15) is 0 Å². The lowest BCUT2D eigenvalue weighted by Gasteiger charge is -2.18. The molecule has 0 bridgehead atoms. The fraction of sp³-hybridized carbons (Fsp3) is 0.625. The molecule has 3 nitrogen and oxygen atoms in total. The van der Waals surface area contributed by atoms with Gasteiger partial charge in [-0.25, -0.2) is 0 Å². The first kappa shape index (κ1) is 14.2. The molecule has 0 heterocycles. The molecule has 2 fully saturated rings. The maximum atomic E-state index is 6.13. The predicted molar refractivity (Wildman–Crippen MR) is 83.4 cm³/mol. The Hall–Kier alpha value is -0.740. The van der Waals surface area contributed by atoms with Gasteiger partial charge >= 0.3 is 0 Å². The van der Waals surface area contributed by atoms with Crippen molar-refractivity contribution in [3.05, 3.63) is 22.2 Å². The van der Waals surface area contributed by atoms with Gasteiger partial charge in [0.15, 0.2) is 11.5 Å². The molecule has 0 atom stereocenters. The summed E-state index contributed by atoms with van der Waals surface area (Å²) in [5.74, 6) is 1.69. The molecule has 3 rings (SSSR count). The molecule has 0 unspecified atom stereocenters. The van der Waals surface area contributed by atoms with Crippen molar-refractivity contribution < 1.29 is 9.47 Å². The summed E-state index contributed by atoms with van der Waals surface area (Å²) < 4.78 is 12.6. The highest BCUT2D eigenvalue weighted by Gasteiger charge is 2.22. The van der Waals surface area contributed by atoms with Crippen LogP contribution in [0, 0.1) is 0 Å². The molecule has 1 N–H and O–H groups in total. The molecule has 4 heteroatoms. The normalized spacial score (nSPS) is 19.3. The van der Waals surface area contributed by atoms with Crippen LogP contribution in [0.2, 0.25) is 0 Å². The number of hydrogen-bond donors (Lipinski definition) is 1. The lowest BCUT2D eigenvalue weighted by Crippen LogP contribution is -2.16. The first-order chi connectivity index (χ1) is 9.76. The number of ether oxygens (including phenoxy) is 2.